The van der Waals surface area contributed by atoms with Crippen molar-refractivity contribution in [3.05, 3.63) is 47.5 Å². The van der Waals surface area contributed by atoms with Gasteiger partial charge in [0.15, 0.2) is 11.4 Å². The van der Waals surface area contributed by atoms with Gasteiger partial charge in [0.2, 0.25) is 0 Å². The maximum absolute atomic E-state index is 13.0. The average Bonchev–Trinajstić information content (AvgIpc) is 3.02. The third-order valence-corrected chi connectivity index (χ3v) is 4.61. The molecule has 0 aliphatic carbocycles. The highest BCUT2D eigenvalue weighted by atomic mass is 19.4. The third kappa shape index (κ3) is 4.55. The molecule has 0 radical (unpaired) electrons. The summed E-state index contributed by atoms with van der Waals surface area (Å²) in [6.07, 6.45) is -2.43. The van der Waals surface area contributed by atoms with Crippen LogP contribution < -0.4 is 5.32 Å². The lowest BCUT2D eigenvalue weighted by molar-refractivity contribution is -0.138. The molecule has 1 amide bonds. The topological polar surface area (TPSA) is 94.2 Å². The Morgan fingerprint density at radius 1 is 1.41 bits per heavy atom. The highest BCUT2D eigenvalue weighted by Gasteiger charge is 2.39. The first kappa shape index (κ1) is 20.8. The fraction of sp³-hybridized carbons (Fsp3) is 0.389. The monoisotopic (exact) mass is 411 g/mol. The molecule has 0 spiro atoms. The predicted molar refractivity (Wildman–Crippen MR) is 93.1 cm³/mol. The number of halogens is 4. The van der Waals surface area contributed by atoms with E-state index >= 15 is 0 Å². The quantitative estimate of drug-likeness (QED) is 0.736. The van der Waals surface area contributed by atoms with Gasteiger partial charge < -0.3 is 10.4 Å². The SMILES string of the molecule is CC(O)(CN1CC(n2cc(F)cn2)C1)C(=O)Nc1ccc(C#N)c(C(F)(F)F)c1. The molecule has 1 atom stereocenters. The molecular formula is C18H17F4N5O2. The molecule has 2 N–H and O–H groups in total. The second kappa shape index (κ2) is 7.46. The first-order valence-corrected chi connectivity index (χ1v) is 8.57. The van der Waals surface area contributed by atoms with Crippen LogP contribution in [0.2, 0.25) is 0 Å². The van der Waals surface area contributed by atoms with Crippen LogP contribution in [0, 0.1) is 17.1 Å². The number of anilines is 1. The molecule has 11 heteroatoms. The van der Waals surface area contributed by atoms with Crippen molar-refractivity contribution in [3.63, 3.8) is 0 Å². The molecule has 0 bridgehead atoms. The number of benzene rings is 1. The molecule has 1 unspecified atom stereocenters. The summed E-state index contributed by atoms with van der Waals surface area (Å²) in [5.74, 6) is -1.35. The van der Waals surface area contributed by atoms with Gasteiger partial charge in [-0.15, -0.1) is 0 Å². The lowest BCUT2D eigenvalue weighted by Gasteiger charge is -2.42. The molecule has 1 fully saturated rings. The maximum atomic E-state index is 13.0. The van der Waals surface area contributed by atoms with E-state index in [0.29, 0.717) is 19.2 Å². The van der Waals surface area contributed by atoms with Gasteiger partial charge in [-0.25, -0.2) is 4.39 Å². The Morgan fingerprint density at radius 3 is 2.66 bits per heavy atom. The Labute approximate surface area is 163 Å². The molecule has 154 valence electrons. The summed E-state index contributed by atoms with van der Waals surface area (Å²) < 4.78 is 53.6. The number of β-amino-alcohol motifs (C(OH)–C–C–N with tert-alkyl or cyclic N) is 1. The summed E-state index contributed by atoms with van der Waals surface area (Å²) in [6.45, 7) is 2.04. The zero-order valence-electron chi connectivity index (χ0n) is 15.2. The fourth-order valence-corrected chi connectivity index (χ4v) is 3.08. The van der Waals surface area contributed by atoms with Gasteiger partial charge in [0, 0.05) is 25.3 Å². The molecule has 29 heavy (non-hydrogen) atoms. The Bertz CT molecular complexity index is 958. The summed E-state index contributed by atoms with van der Waals surface area (Å²) in [4.78, 5) is 14.1. The van der Waals surface area contributed by atoms with Gasteiger partial charge in [0.1, 0.15) is 0 Å². The lowest BCUT2D eigenvalue weighted by Crippen LogP contribution is -2.56. The highest BCUT2D eigenvalue weighted by molar-refractivity contribution is 5.97. The molecule has 1 aliphatic heterocycles. The number of alkyl halides is 3. The number of amides is 1. The van der Waals surface area contributed by atoms with E-state index < -0.39 is 34.6 Å². The largest absolute Gasteiger partial charge is 0.417 e. The summed E-state index contributed by atoms with van der Waals surface area (Å²) in [5, 5.41) is 25.4. The van der Waals surface area contributed by atoms with Crippen molar-refractivity contribution in [2.45, 2.75) is 24.7 Å². The summed E-state index contributed by atoms with van der Waals surface area (Å²) >= 11 is 0. The van der Waals surface area contributed by atoms with Gasteiger partial charge in [-0.2, -0.15) is 23.5 Å². The van der Waals surface area contributed by atoms with Crippen LogP contribution in [0.5, 0.6) is 0 Å². The van der Waals surface area contributed by atoms with E-state index in [1.807, 2.05) is 0 Å². The Morgan fingerprint density at radius 2 is 2.10 bits per heavy atom. The highest BCUT2D eigenvalue weighted by Crippen LogP contribution is 2.33. The van der Waals surface area contributed by atoms with E-state index in [1.54, 1.807) is 4.90 Å². The standard InChI is InChI=1S/C18H17F4N5O2/c1-17(29,10-26-8-14(9-26)27-7-12(19)6-24-27)16(28)25-13-3-2-11(5-23)15(4-13)18(20,21)22/h2-4,6-7,14,29H,8-10H2,1H3,(H,25,28). The van der Waals surface area contributed by atoms with E-state index in [2.05, 4.69) is 10.4 Å². The van der Waals surface area contributed by atoms with Crippen molar-refractivity contribution in [2.24, 2.45) is 0 Å². The van der Waals surface area contributed by atoms with Crippen molar-refractivity contribution in [1.82, 2.24) is 14.7 Å². The molecule has 1 aliphatic rings. The number of nitrogens with one attached hydrogen (secondary N) is 1. The summed E-state index contributed by atoms with van der Waals surface area (Å²) in [7, 11) is 0. The van der Waals surface area contributed by atoms with Crippen LogP contribution in [-0.2, 0) is 11.0 Å². The van der Waals surface area contributed by atoms with Crippen molar-refractivity contribution in [1.29, 1.82) is 5.26 Å². The number of carbonyl (C=O) groups excluding carboxylic acids is 1. The molecule has 1 saturated heterocycles. The molecule has 1 aromatic carbocycles. The minimum absolute atomic E-state index is 0.0680. The average molecular weight is 411 g/mol. The number of hydrogen-bond acceptors (Lipinski definition) is 5. The Kier molecular flexibility index (Phi) is 5.34. The third-order valence-electron chi connectivity index (χ3n) is 4.61. The minimum Gasteiger partial charge on any atom is -0.379 e. The van der Waals surface area contributed by atoms with Crippen LogP contribution >= 0.6 is 0 Å². The van der Waals surface area contributed by atoms with Gasteiger partial charge in [-0.3, -0.25) is 14.4 Å². The normalized spacial score (nSPS) is 17.3. The van der Waals surface area contributed by atoms with Crippen LogP contribution in [0.3, 0.4) is 0 Å². The number of likely N-dealkylation sites (tertiary alicyclic amines) is 1. The molecule has 2 heterocycles. The first-order valence-electron chi connectivity index (χ1n) is 8.57. The van der Waals surface area contributed by atoms with Crippen LogP contribution in [0.4, 0.5) is 23.2 Å². The van der Waals surface area contributed by atoms with Gasteiger partial charge in [-0.1, -0.05) is 0 Å². The van der Waals surface area contributed by atoms with Gasteiger partial charge in [0.25, 0.3) is 5.91 Å². The zero-order valence-corrected chi connectivity index (χ0v) is 15.2. The number of rotatable bonds is 5. The molecule has 3 rings (SSSR count). The number of aromatic nitrogens is 2. The maximum Gasteiger partial charge on any atom is 0.417 e. The second-order valence-electron chi connectivity index (χ2n) is 7.08. The van der Waals surface area contributed by atoms with Crippen molar-refractivity contribution < 1.29 is 27.5 Å². The van der Waals surface area contributed by atoms with Crippen LogP contribution in [0.25, 0.3) is 0 Å². The Hall–Kier alpha value is -2.97. The fourth-order valence-electron chi connectivity index (χ4n) is 3.08. The first-order chi connectivity index (χ1) is 13.5. The molecular weight excluding hydrogens is 394 g/mol. The summed E-state index contributed by atoms with van der Waals surface area (Å²) in [5.41, 5.74) is -3.80. The number of hydrogen-bond donors (Lipinski definition) is 2. The molecule has 2 aromatic rings. The summed E-state index contributed by atoms with van der Waals surface area (Å²) in [6, 6.07) is 4.13. The Balaban J connectivity index is 1.62. The molecule has 0 saturated carbocycles. The van der Waals surface area contributed by atoms with Crippen molar-refractivity contribution >= 4 is 11.6 Å². The molecule has 1 aromatic heterocycles. The van der Waals surface area contributed by atoms with Crippen LogP contribution in [0.15, 0.2) is 30.6 Å². The number of nitriles is 1. The van der Waals surface area contributed by atoms with E-state index in [0.717, 1.165) is 18.3 Å². The van der Waals surface area contributed by atoms with Crippen molar-refractivity contribution in [3.8, 4) is 6.07 Å². The number of nitrogens with zero attached hydrogens (tertiary/aromatic N) is 4. The van der Waals surface area contributed by atoms with Gasteiger partial charge >= 0.3 is 6.18 Å². The van der Waals surface area contributed by atoms with E-state index in [1.165, 1.54) is 23.9 Å². The number of aliphatic hydroxyl groups is 1. The predicted octanol–water partition coefficient (Wildman–Crippen LogP) is 2.16. The minimum atomic E-state index is -4.76. The van der Waals surface area contributed by atoms with Crippen molar-refractivity contribution in [2.75, 3.05) is 25.0 Å². The smallest absolute Gasteiger partial charge is 0.379 e. The molecule has 7 nitrogen and oxygen atoms in total. The van der Waals surface area contributed by atoms with Crippen LogP contribution in [0.1, 0.15) is 24.1 Å². The zero-order chi connectivity index (χ0) is 21.4. The van der Waals surface area contributed by atoms with E-state index in [4.69, 9.17) is 5.26 Å². The van der Waals surface area contributed by atoms with Crippen LogP contribution in [-0.4, -0.2) is 50.9 Å². The van der Waals surface area contributed by atoms with Gasteiger partial charge in [-0.05, 0) is 25.1 Å². The second-order valence-corrected chi connectivity index (χ2v) is 7.08. The number of carbonyl (C=O) groups is 1. The van der Waals surface area contributed by atoms with Gasteiger partial charge in [0.05, 0.1) is 35.6 Å². The van der Waals surface area contributed by atoms with E-state index in [-0.39, 0.29) is 18.3 Å². The lowest BCUT2D eigenvalue weighted by atomic mass is 10.0. The van der Waals surface area contributed by atoms with E-state index in [9.17, 15) is 27.5 Å².